The lowest BCUT2D eigenvalue weighted by molar-refractivity contribution is -0.385. The van der Waals surface area contributed by atoms with Crippen molar-refractivity contribution in [3.63, 3.8) is 0 Å². The second kappa shape index (κ2) is 8.30. The van der Waals surface area contributed by atoms with Gasteiger partial charge in [-0.2, -0.15) is 0 Å². The van der Waals surface area contributed by atoms with E-state index in [0.29, 0.717) is 11.3 Å². The number of ether oxygens (including phenoxy) is 2. The summed E-state index contributed by atoms with van der Waals surface area (Å²) in [5.41, 5.74) is 0.402. The maximum absolute atomic E-state index is 12.1. The summed E-state index contributed by atoms with van der Waals surface area (Å²) in [5.74, 6) is -0.721. The molecular weight excluding hydrogens is 362 g/mol. The zero-order valence-corrected chi connectivity index (χ0v) is 15.1. The first-order valence-electron chi connectivity index (χ1n) is 8.49. The number of hydrogen-bond acceptors (Lipinski definition) is 6. The molecule has 142 valence electrons. The van der Waals surface area contributed by atoms with Crippen molar-refractivity contribution in [3.8, 4) is 5.75 Å². The van der Waals surface area contributed by atoms with Crippen LogP contribution >= 0.6 is 0 Å². The van der Waals surface area contributed by atoms with E-state index in [1.54, 1.807) is 19.1 Å². The van der Waals surface area contributed by atoms with Gasteiger partial charge in [0.15, 0.2) is 13.2 Å². The highest BCUT2D eigenvalue weighted by atomic mass is 16.6. The fourth-order valence-electron chi connectivity index (χ4n) is 2.65. The summed E-state index contributed by atoms with van der Waals surface area (Å²) < 4.78 is 10.3. The first-order valence-corrected chi connectivity index (χ1v) is 8.49. The Bertz CT molecular complexity index is 1060. The molecule has 0 spiro atoms. The standard InChI is InChI=1S/C21H17NO6/c1-14-6-7-17(11-19(14)22(25)26)20(23)12-28-21(24)13-27-18-9-8-15-4-2-3-5-16(15)10-18/h2-11H,12-13H2,1H3. The number of esters is 1. The molecule has 3 rings (SSSR count). The van der Waals surface area contributed by atoms with Crippen LogP contribution in [-0.2, 0) is 9.53 Å². The summed E-state index contributed by atoms with van der Waals surface area (Å²) in [7, 11) is 0. The van der Waals surface area contributed by atoms with E-state index in [2.05, 4.69) is 0 Å². The van der Waals surface area contributed by atoms with Crippen molar-refractivity contribution in [3.05, 3.63) is 81.9 Å². The minimum Gasteiger partial charge on any atom is -0.482 e. The number of benzene rings is 3. The van der Waals surface area contributed by atoms with Gasteiger partial charge in [-0.1, -0.05) is 42.5 Å². The number of aryl methyl sites for hydroxylation is 1. The van der Waals surface area contributed by atoms with E-state index in [-0.39, 0.29) is 17.9 Å². The van der Waals surface area contributed by atoms with Crippen molar-refractivity contribution < 1.29 is 24.0 Å². The van der Waals surface area contributed by atoms with Gasteiger partial charge in [0, 0.05) is 17.2 Å². The first-order chi connectivity index (χ1) is 13.4. The van der Waals surface area contributed by atoms with Crippen LogP contribution in [0.4, 0.5) is 5.69 Å². The molecule has 0 radical (unpaired) electrons. The minimum atomic E-state index is -0.705. The van der Waals surface area contributed by atoms with Gasteiger partial charge in [-0.25, -0.2) is 4.79 Å². The van der Waals surface area contributed by atoms with Crippen molar-refractivity contribution in [1.29, 1.82) is 0 Å². The molecule has 0 saturated carbocycles. The lowest BCUT2D eigenvalue weighted by Gasteiger charge is -2.08. The molecule has 0 atom stereocenters. The molecular formula is C21H17NO6. The fraction of sp³-hybridized carbons (Fsp3) is 0.143. The zero-order chi connectivity index (χ0) is 20.1. The number of hydrogen-bond donors (Lipinski definition) is 0. The maximum Gasteiger partial charge on any atom is 0.344 e. The highest BCUT2D eigenvalue weighted by Crippen LogP contribution is 2.21. The van der Waals surface area contributed by atoms with Crippen LogP contribution in [-0.4, -0.2) is 29.9 Å². The summed E-state index contributed by atoms with van der Waals surface area (Å²) in [6, 6.07) is 17.3. The van der Waals surface area contributed by atoms with Crippen LogP contribution in [0.2, 0.25) is 0 Å². The summed E-state index contributed by atoms with van der Waals surface area (Å²) in [4.78, 5) is 34.3. The molecule has 0 heterocycles. The molecule has 3 aromatic rings. The number of rotatable bonds is 7. The maximum atomic E-state index is 12.1. The Morgan fingerprint density at radius 1 is 0.964 bits per heavy atom. The van der Waals surface area contributed by atoms with Gasteiger partial charge in [0.05, 0.1) is 4.92 Å². The van der Waals surface area contributed by atoms with Gasteiger partial charge in [0.2, 0.25) is 5.78 Å². The lowest BCUT2D eigenvalue weighted by Crippen LogP contribution is -2.19. The number of ketones is 1. The quantitative estimate of drug-likeness (QED) is 0.268. The largest absolute Gasteiger partial charge is 0.482 e. The number of nitro groups is 1. The van der Waals surface area contributed by atoms with Crippen LogP contribution in [0.3, 0.4) is 0 Å². The molecule has 0 aliphatic heterocycles. The van der Waals surface area contributed by atoms with E-state index in [4.69, 9.17) is 9.47 Å². The second-order valence-corrected chi connectivity index (χ2v) is 6.14. The van der Waals surface area contributed by atoms with E-state index in [0.717, 1.165) is 10.8 Å². The Hall–Kier alpha value is -3.74. The van der Waals surface area contributed by atoms with Gasteiger partial charge in [0.25, 0.3) is 5.69 Å². The van der Waals surface area contributed by atoms with E-state index >= 15 is 0 Å². The third kappa shape index (κ3) is 4.50. The molecule has 0 aromatic heterocycles. The molecule has 28 heavy (non-hydrogen) atoms. The third-order valence-corrected chi connectivity index (χ3v) is 4.17. The number of carbonyl (C=O) groups is 2. The van der Waals surface area contributed by atoms with Crippen LogP contribution in [0.1, 0.15) is 15.9 Å². The van der Waals surface area contributed by atoms with Gasteiger partial charge in [-0.3, -0.25) is 14.9 Å². The Labute approximate surface area is 160 Å². The molecule has 0 unspecified atom stereocenters. The van der Waals surface area contributed by atoms with E-state index in [1.165, 1.54) is 18.2 Å². The van der Waals surface area contributed by atoms with Gasteiger partial charge >= 0.3 is 5.97 Å². The molecule has 0 aliphatic carbocycles. The van der Waals surface area contributed by atoms with Crippen LogP contribution in [0, 0.1) is 17.0 Å². The average Bonchev–Trinajstić information content (AvgIpc) is 2.70. The monoisotopic (exact) mass is 379 g/mol. The normalized spacial score (nSPS) is 10.5. The summed E-state index contributed by atoms with van der Waals surface area (Å²) in [6.45, 7) is 0.719. The number of nitro benzene ring substituents is 1. The van der Waals surface area contributed by atoms with Crippen LogP contribution in [0.5, 0.6) is 5.75 Å². The van der Waals surface area contributed by atoms with Crippen molar-refractivity contribution in [1.82, 2.24) is 0 Å². The number of fused-ring (bicyclic) bond motifs is 1. The third-order valence-electron chi connectivity index (χ3n) is 4.17. The molecule has 3 aromatic carbocycles. The molecule has 0 saturated heterocycles. The first kappa shape index (κ1) is 19.0. The molecule has 7 nitrogen and oxygen atoms in total. The van der Waals surface area contributed by atoms with Gasteiger partial charge in [-0.15, -0.1) is 0 Å². The molecule has 0 aliphatic rings. The second-order valence-electron chi connectivity index (χ2n) is 6.14. The predicted octanol–water partition coefficient (Wildman–Crippen LogP) is 3.86. The highest BCUT2D eigenvalue weighted by molar-refractivity contribution is 5.98. The molecule has 0 fully saturated rings. The van der Waals surface area contributed by atoms with Crippen molar-refractivity contribution in [2.75, 3.05) is 13.2 Å². The topological polar surface area (TPSA) is 95.7 Å². The predicted molar refractivity (Wildman–Crippen MR) is 103 cm³/mol. The van der Waals surface area contributed by atoms with Gasteiger partial charge in [0.1, 0.15) is 5.75 Å². The van der Waals surface area contributed by atoms with E-state index in [9.17, 15) is 19.7 Å². The van der Waals surface area contributed by atoms with E-state index < -0.39 is 23.3 Å². The van der Waals surface area contributed by atoms with Crippen LogP contribution in [0.25, 0.3) is 10.8 Å². The Balaban J connectivity index is 1.54. The average molecular weight is 379 g/mol. The van der Waals surface area contributed by atoms with Crippen molar-refractivity contribution >= 4 is 28.2 Å². The summed E-state index contributed by atoms with van der Waals surface area (Å²) in [5, 5.41) is 13.0. The van der Waals surface area contributed by atoms with Crippen molar-refractivity contribution in [2.45, 2.75) is 6.92 Å². The Morgan fingerprint density at radius 3 is 2.46 bits per heavy atom. The molecule has 0 bridgehead atoms. The fourth-order valence-corrected chi connectivity index (χ4v) is 2.65. The smallest absolute Gasteiger partial charge is 0.344 e. The Morgan fingerprint density at radius 2 is 1.71 bits per heavy atom. The highest BCUT2D eigenvalue weighted by Gasteiger charge is 2.16. The molecule has 7 heteroatoms. The van der Waals surface area contributed by atoms with Crippen molar-refractivity contribution in [2.24, 2.45) is 0 Å². The van der Waals surface area contributed by atoms with Gasteiger partial charge < -0.3 is 9.47 Å². The Kier molecular flexibility index (Phi) is 5.64. The zero-order valence-electron chi connectivity index (χ0n) is 15.1. The minimum absolute atomic E-state index is 0.112. The van der Waals surface area contributed by atoms with Crippen LogP contribution < -0.4 is 4.74 Å². The molecule has 0 amide bonds. The van der Waals surface area contributed by atoms with Gasteiger partial charge in [-0.05, 0) is 29.8 Å². The lowest BCUT2D eigenvalue weighted by atomic mass is 10.1. The summed E-state index contributed by atoms with van der Waals surface area (Å²) >= 11 is 0. The van der Waals surface area contributed by atoms with E-state index in [1.807, 2.05) is 30.3 Å². The SMILES string of the molecule is Cc1ccc(C(=O)COC(=O)COc2ccc3ccccc3c2)cc1[N+](=O)[O-]. The number of carbonyl (C=O) groups excluding carboxylic acids is 2. The number of nitrogens with zero attached hydrogens (tertiary/aromatic N) is 1. The molecule has 0 N–H and O–H groups in total. The number of Topliss-reactive ketones (excluding diaryl/α,β-unsaturated/α-hetero) is 1. The van der Waals surface area contributed by atoms with Crippen LogP contribution in [0.15, 0.2) is 60.7 Å². The summed E-state index contributed by atoms with van der Waals surface area (Å²) in [6.07, 6.45) is 0.